The first-order chi connectivity index (χ1) is 9.13. The number of nitrogens with zero attached hydrogens (tertiary/aromatic N) is 1. The van der Waals surface area contributed by atoms with Gasteiger partial charge in [0.15, 0.2) is 0 Å². The minimum atomic E-state index is -0.707. The summed E-state index contributed by atoms with van der Waals surface area (Å²) in [5.41, 5.74) is -0.635. The van der Waals surface area contributed by atoms with Gasteiger partial charge in [-0.1, -0.05) is 6.92 Å². The van der Waals surface area contributed by atoms with Gasteiger partial charge >= 0.3 is 12.1 Å². The number of ether oxygens (including phenoxy) is 1. The number of carbonyl (C=O) groups excluding carboxylic acids is 1. The Labute approximate surface area is 120 Å². The predicted octanol–water partition coefficient (Wildman–Crippen LogP) is 2.74. The minimum Gasteiger partial charge on any atom is -0.481 e. The van der Waals surface area contributed by atoms with Gasteiger partial charge < -0.3 is 14.7 Å². The van der Waals surface area contributed by atoms with Gasteiger partial charge in [-0.3, -0.25) is 4.79 Å². The average Bonchev–Trinajstić information content (AvgIpc) is 3.02. The minimum absolute atomic E-state index is 0.146. The maximum Gasteiger partial charge on any atom is 0.410 e. The number of carbonyl (C=O) groups is 2. The molecule has 1 N–H and O–H groups in total. The summed E-state index contributed by atoms with van der Waals surface area (Å²) in [7, 11) is 0. The second kappa shape index (κ2) is 4.93. The summed E-state index contributed by atoms with van der Waals surface area (Å²) < 4.78 is 5.40. The Morgan fingerprint density at radius 3 is 2.50 bits per heavy atom. The van der Waals surface area contributed by atoms with Gasteiger partial charge in [0.1, 0.15) is 5.60 Å². The van der Waals surface area contributed by atoms with Crippen LogP contribution in [0, 0.1) is 17.3 Å². The second-order valence-corrected chi connectivity index (χ2v) is 7.37. The highest BCUT2D eigenvalue weighted by Gasteiger charge is 2.59. The van der Waals surface area contributed by atoms with Gasteiger partial charge in [0.25, 0.3) is 0 Å². The fourth-order valence-corrected chi connectivity index (χ4v) is 3.21. The smallest absolute Gasteiger partial charge is 0.410 e. The zero-order valence-electron chi connectivity index (χ0n) is 12.8. The van der Waals surface area contributed by atoms with Crippen LogP contribution in [0.5, 0.6) is 0 Å². The number of aliphatic carboxylic acids is 1. The number of carboxylic acid groups (broad SMARTS) is 1. The normalized spacial score (nSPS) is 33.7. The van der Waals surface area contributed by atoms with E-state index in [1.807, 2.05) is 27.7 Å². The van der Waals surface area contributed by atoms with Crippen molar-refractivity contribution in [1.82, 2.24) is 4.90 Å². The molecule has 114 valence electrons. The highest BCUT2D eigenvalue weighted by molar-refractivity contribution is 5.75. The number of rotatable bonds is 2. The van der Waals surface area contributed by atoms with Crippen LogP contribution in [0.3, 0.4) is 0 Å². The maximum atomic E-state index is 12.1. The van der Waals surface area contributed by atoms with Crippen LogP contribution in [0.1, 0.15) is 47.0 Å². The first-order valence-electron chi connectivity index (χ1n) is 7.34. The van der Waals surface area contributed by atoms with Crippen LogP contribution in [-0.2, 0) is 9.53 Å². The van der Waals surface area contributed by atoms with E-state index in [2.05, 4.69) is 0 Å². The van der Waals surface area contributed by atoms with Gasteiger partial charge in [-0.05, 0) is 51.4 Å². The molecule has 0 radical (unpaired) electrons. The van der Waals surface area contributed by atoms with Gasteiger partial charge in [0.05, 0.1) is 5.92 Å². The molecule has 2 aliphatic rings. The molecule has 2 rings (SSSR count). The molecule has 1 heterocycles. The molecule has 0 aromatic heterocycles. The molecular formula is C15H25NO4. The van der Waals surface area contributed by atoms with Gasteiger partial charge in [-0.15, -0.1) is 0 Å². The number of carboxylic acids is 1. The van der Waals surface area contributed by atoms with Crippen molar-refractivity contribution >= 4 is 12.1 Å². The fraction of sp³-hybridized carbons (Fsp3) is 0.867. The van der Waals surface area contributed by atoms with Crippen LogP contribution in [0.25, 0.3) is 0 Å². The third-order valence-corrected chi connectivity index (χ3v) is 4.58. The van der Waals surface area contributed by atoms with E-state index < -0.39 is 11.6 Å². The Hall–Kier alpha value is -1.26. The molecular weight excluding hydrogens is 258 g/mol. The summed E-state index contributed by atoms with van der Waals surface area (Å²) >= 11 is 0. The molecule has 0 bridgehead atoms. The lowest BCUT2D eigenvalue weighted by atomic mass is 9.82. The van der Waals surface area contributed by atoms with Crippen molar-refractivity contribution < 1.29 is 19.4 Å². The molecule has 5 nitrogen and oxygen atoms in total. The molecule has 1 unspecified atom stereocenters. The Kier molecular flexibility index (Phi) is 3.73. The fourth-order valence-electron chi connectivity index (χ4n) is 3.21. The zero-order chi connectivity index (χ0) is 15.1. The lowest BCUT2D eigenvalue weighted by Crippen LogP contribution is -2.45. The molecule has 0 aromatic carbocycles. The molecule has 1 saturated carbocycles. The molecule has 20 heavy (non-hydrogen) atoms. The Bertz CT molecular complexity index is 415. The molecule has 1 amide bonds. The summed E-state index contributed by atoms with van der Waals surface area (Å²) in [6.45, 7) is 8.93. The van der Waals surface area contributed by atoms with E-state index >= 15 is 0 Å². The Balaban J connectivity index is 1.96. The van der Waals surface area contributed by atoms with Gasteiger partial charge in [0.2, 0.25) is 0 Å². The number of hydrogen-bond donors (Lipinski definition) is 1. The highest BCUT2D eigenvalue weighted by atomic mass is 16.6. The van der Waals surface area contributed by atoms with Crippen LogP contribution in [0.15, 0.2) is 0 Å². The second-order valence-electron chi connectivity index (χ2n) is 7.37. The first kappa shape index (κ1) is 15.1. The van der Waals surface area contributed by atoms with E-state index in [1.54, 1.807) is 4.90 Å². The summed E-state index contributed by atoms with van der Waals surface area (Å²) in [5, 5.41) is 9.14. The molecule has 0 aromatic rings. The monoisotopic (exact) mass is 283 g/mol. The first-order valence-corrected chi connectivity index (χ1v) is 7.34. The zero-order valence-corrected chi connectivity index (χ0v) is 12.8. The summed E-state index contributed by atoms with van der Waals surface area (Å²) in [6.07, 6.45) is 2.37. The van der Waals surface area contributed by atoms with Crippen molar-refractivity contribution in [2.24, 2.45) is 17.3 Å². The van der Waals surface area contributed by atoms with Crippen molar-refractivity contribution in [3.8, 4) is 0 Å². The van der Waals surface area contributed by atoms with E-state index in [0.717, 1.165) is 19.3 Å². The SMILES string of the molecule is CC(C)(C)OC(=O)N1CCCC([C@@]2(C)C[C@@H]2C(=O)O)C1. The molecule has 1 saturated heterocycles. The molecule has 0 spiro atoms. The van der Waals surface area contributed by atoms with E-state index in [-0.39, 0.29) is 23.3 Å². The number of likely N-dealkylation sites (tertiary alicyclic amines) is 1. The van der Waals surface area contributed by atoms with Crippen LogP contribution in [0.2, 0.25) is 0 Å². The largest absolute Gasteiger partial charge is 0.481 e. The predicted molar refractivity (Wildman–Crippen MR) is 74.4 cm³/mol. The van der Waals surface area contributed by atoms with Gasteiger partial charge in [-0.25, -0.2) is 4.79 Å². The topological polar surface area (TPSA) is 66.8 Å². The quantitative estimate of drug-likeness (QED) is 0.846. The number of piperidine rings is 1. The Morgan fingerprint density at radius 2 is 2.00 bits per heavy atom. The Morgan fingerprint density at radius 1 is 1.35 bits per heavy atom. The number of amides is 1. The van der Waals surface area contributed by atoms with Crippen molar-refractivity contribution in [3.63, 3.8) is 0 Å². The molecule has 1 aliphatic heterocycles. The van der Waals surface area contributed by atoms with E-state index in [4.69, 9.17) is 9.84 Å². The summed E-state index contributed by atoms with van der Waals surface area (Å²) in [5.74, 6) is -0.683. The van der Waals surface area contributed by atoms with Crippen molar-refractivity contribution in [2.45, 2.75) is 52.6 Å². The summed E-state index contributed by atoms with van der Waals surface area (Å²) in [6, 6.07) is 0. The van der Waals surface area contributed by atoms with Crippen LogP contribution in [-0.4, -0.2) is 40.8 Å². The third kappa shape index (κ3) is 3.07. The number of hydrogen-bond acceptors (Lipinski definition) is 3. The van der Waals surface area contributed by atoms with Gasteiger partial charge in [-0.2, -0.15) is 0 Å². The van der Waals surface area contributed by atoms with Gasteiger partial charge in [0, 0.05) is 13.1 Å². The van der Waals surface area contributed by atoms with E-state index in [0.29, 0.717) is 13.1 Å². The van der Waals surface area contributed by atoms with Crippen molar-refractivity contribution in [2.75, 3.05) is 13.1 Å². The van der Waals surface area contributed by atoms with E-state index in [9.17, 15) is 9.59 Å². The lowest BCUT2D eigenvalue weighted by Gasteiger charge is -2.37. The molecule has 1 aliphatic carbocycles. The van der Waals surface area contributed by atoms with Crippen LogP contribution < -0.4 is 0 Å². The lowest BCUT2D eigenvalue weighted by molar-refractivity contribution is -0.139. The van der Waals surface area contributed by atoms with E-state index in [1.165, 1.54) is 0 Å². The molecule has 2 fully saturated rings. The van der Waals surface area contributed by atoms with Crippen LogP contribution in [0.4, 0.5) is 4.79 Å². The van der Waals surface area contributed by atoms with Crippen LogP contribution >= 0.6 is 0 Å². The summed E-state index contributed by atoms with van der Waals surface area (Å²) in [4.78, 5) is 25.0. The molecule has 3 atom stereocenters. The third-order valence-electron chi connectivity index (χ3n) is 4.58. The van der Waals surface area contributed by atoms with Crippen molar-refractivity contribution in [3.05, 3.63) is 0 Å². The standard InChI is InChI=1S/C15H25NO4/c1-14(2,3)20-13(19)16-7-5-6-10(9-16)15(4)8-11(15)12(17)18/h10-11H,5-9H2,1-4H3,(H,17,18)/t10?,11-,15-/m1/s1. The van der Waals surface area contributed by atoms with Crippen molar-refractivity contribution in [1.29, 1.82) is 0 Å². The maximum absolute atomic E-state index is 12.1. The molecule has 5 heteroatoms. The average molecular weight is 283 g/mol. The highest BCUT2D eigenvalue weighted by Crippen LogP contribution is 2.59.